The first-order valence-corrected chi connectivity index (χ1v) is 16.1. The second kappa shape index (κ2) is 12.9. The molecule has 240 valence electrons. The van der Waals surface area contributed by atoms with Crippen molar-refractivity contribution in [2.45, 2.75) is 76.7 Å². The van der Waals surface area contributed by atoms with Crippen LogP contribution in [0.4, 0.5) is 5.69 Å². The van der Waals surface area contributed by atoms with Gasteiger partial charge >= 0.3 is 0 Å². The Labute approximate surface area is 267 Å². The molecule has 2 unspecified atom stereocenters. The van der Waals surface area contributed by atoms with Gasteiger partial charge in [-0.3, -0.25) is 14.4 Å². The number of hydrogen-bond donors (Lipinski definition) is 1. The number of carbonyl (C=O) groups excluding carboxylic acids is 3. The number of anilines is 1. The van der Waals surface area contributed by atoms with Gasteiger partial charge in [0.2, 0.25) is 11.8 Å². The Morgan fingerprint density at radius 1 is 1.09 bits per heavy atom. The van der Waals surface area contributed by atoms with Crippen molar-refractivity contribution in [2.75, 3.05) is 31.1 Å². The summed E-state index contributed by atoms with van der Waals surface area (Å²) in [6, 6.07) is 13.9. The van der Waals surface area contributed by atoms with Crippen molar-refractivity contribution < 1.29 is 24.2 Å². The van der Waals surface area contributed by atoms with E-state index in [2.05, 4.69) is 13.2 Å². The van der Waals surface area contributed by atoms with Gasteiger partial charge in [0.15, 0.2) is 0 Å². The molecule has 2 aromatic rings. The highest BCUT2D eigenvalue weighted by atomic mass is 16.5. The molecule has 2 bridgehead atoms. The van der Waals surface area contributed by atoms with Gasteiger partial charge in [-0.2, -0.15) is 0 Å². The Kier molecular flexibility index (Phi) is 9.38. The molecule has 6 atom stereocenters. The maximum atomic E-state index is 15.1. The average molecular weight is 614 g/mol. The van der Waals surface area contributed by atoms with Crippen LogP contribution in [0.1, 0.15) is 49.8 Å². The summed E-state index contributed by atoms with van der Waals surface area (Å²) in [6.45, 7) is 16.4. The van der Waals surface area contributed by atoms with E-state index in [0.717, 1.165) is 28.8 Å². The molecule has 1 N–H and O–H groups in total. The molecule has 8 nitrogen and oxygen atoms in total. The quantitative estimate of drug-likeness (QED) is 0.333. The molecule has 2 aromatic carbocycles. The zero-order valence-electron chi connectivity index (χ0n) is 27.1. The summed E-state index contributed by atoms with van der Waals surface area (Å²) in [7, 11) is 0. The highest BCUT2D eigenvalue weighted by molar-refractivity contribution is 6.05. The van der Waals surface area contributed by atoms with Crippen LogP contribution < -0.4 is 4.90 Å². The zero-order valence-corrected chi connectivity index (χ0v) is 27.1. The number of amides is 3. The highest BCUT2D eigenvalue weighted by Crippen LogP contribution is 2.64. The third-order valence-corrected chi connectivity index (χ3v) is 10.0. The van der Waals surface area contributed by atoms with Crippen LogP contribution in [-0.2, 0) is 25.5 Å². The minimum absolute atomic E-state index is 0.145. The van der Waals surface area contributed by atoms with Gasteiger partial charge in [0.1, 0.15) is 11.6 Å². The molecular weight excluding hydrogens is 566 g/mol. The van der Waals surface area contributed by atoms with Crippen LogP contribution in [0.15, 0.2) is 73.8 Å². The lowest BCUT2D eigenvalue weighted by Crippen LogP contribution is -2.59. The van der Waals surface area contributed by atoms with Gasteiger partial charge in [0.05, 0.1) is 30.1 Å². The first kappa shape index (κ1) is 32.6. The maximum absolute atomic E-state index is 15.1. The normalized spacial score (nSPS) is 27.3. The molecule has 3 aliphatic heterocycles. The summed E-state index contributed by atoms with van der Waals surface area (Å²) in [6.07, 6.45) is 5.51. The molecular formula is C37H47N3O5. The van der Waals surface area contributed by atoms with Gasteiger partial charge < -0.3 is 24.5 Å². The monoisotopic (exact) mass is 613 g/mol. The molecule has 8 heteroatoms. The maximum Gasteiger partial charge on any atom is 0.253 e. The van der Waals surface area contributed by atoms with E-state index in [4.69, 9.17) is 4.74 Å². The number of rotatable bonds is 13. The lowest BCUT2D eigenvalue weighted by Gasteiger charge is -2.40. The van der Waals surface area contributed by atoms with Crippen molar-refractivity contribution in [3.05, 3.63) is 90.5 Å². The summed E-state index contributed by atoms with van der Waals surface area (Å²) in [5.74, 6) is -2.35. The van der Waals surface area contributed by atoms with Crippen molar-refractivity contribution in [1.82, 2.24) is 9.80 Å². The van der Waals surface area contributed by atoms with Crippen molar-refractivity contribution >= 4 is 23.4 Å². The van der Waals surface area contributed by atoms with Crippen molar-refractivity contribution in [1.29, 1.82) is 0 Å². The van der Waals surface area contributed by atoms with E-state index in [1.165, 1.54) is 0 Å². The summed E-state index contributed by atoms with van der Waals surface area (Å²) in [5.41, 5.74) is 1.48. The second-order valence-corrected chi connectivity index (χ2v) is 13.1. The molecule has 5 rings (SSSR count). The molecule has 3 amide bonds. The molecule has 0 radical (unpaired) electrons. The van der Waals surface area contributed by atoms with Crippen molar-refractivity contribution in [3.63, 3.8) is 0 Å². The number of aliphatic hydroxyl groups is 1. The standard InChI is InChI=1S/C37H47N3O5/c1-7-19-38(20-8-2)33(42)30-31-34(43)40(28(24-41)23-27-13-11-10-12-14-27)32(37(31)18-17-36(30,6)45-37)35(44)39(21-9-3)29-22-25(4)15-16-26(29)5/h7,9-16,22,28,30-32,41H,1,3,8,17-21,23-24H2,2,4-6H3/t28-,30+,31+,32?,36-,37?/m1/s1. The minimum atomic E-state index is -1.21. The fourth-order valence-electron chi connectivity index (χ4n) is 8.06. The molecule has 1 spiro atoms. The van der Waals surface area contributed by atoms with Crippen LogP contribution in [0, 0.1) is 25.7 Å². The number of carbonyl (C=O) groups is 3. The first-order chi connectivity index (χ1) is 21.6. The predicted octanol–water partition coefficient (Wildman–Crippen LogP) is 4.62. The fourth-order valence-corrected chi connectivity index (χ4v) is 8.06. The van der Waals surface area contributed by atoms with E-state index < -0.39 is 35.1 Å². The lowest BCUT2D eigenvalue weighted by atomic mass is 9.66. The summed E-state index contributed by atoms with van der Waals surface area (Å²) in [4.78, 5) is 49.3. The number of aliphatic hydroxyl groups excluding tert-OH is 1. The lowest BCUT2D eigenvalue weighted by molar-refractivity contribution is -0.152. The Hall–Kier alpha value is -3.75. The Bertz CT molecular complexity index is 1460. The predicted molar refractivity (Wildman–Crippen MR) is 176 cm³/mol. The van der Waals surface area contributed by atoms with Gasteiger partial charge in [0.25, 0.3) is 5.91 Å². The van der Waals surface area contributed by atoms with Crippen LogP contribution in [0.25, 0.3) is 0 Å². The number of hydrogen-bond acceptors (Lipinski definition) is 5. The number of fused-ring (bicyclic) bond motifs is 1. The van der Waals surface area contributed by atoms with E-state index in [1.807, 2.05) is 76.2 Å². The van der Waals surface area contributed by atoms with Crippen LogP contribution in [0.3, 0.4) is 0 Å². The number of ether oxygens (including phenoxy) is 1. The molecule has 45 heavy (non-hydrogen) atoms. The SMILES string of the molecule is C=CCN(CCC)C(=O)[C@@H]1[C@H]2C(=O)N([C@@H](CO)Cc3ccccc3)C(C(=O)N(CC=C)c3cc(C)ccc3C)C23CC[C@@]1(C)O3. The number of aryl methyl sites for hydroxylation is 2. The summed E-state index contributed by atoms with van der Waals surface area (Å²) >= 11 is 0. The van der Waals surface area contributed by atoms with Gasteiger partial charge in [-0.15, -0.1) is 13.2 Å². The van der Waals surface area contributed by atoms with Gasteiger partial charge in [-0.1, -0.05) is 61.5 Å². The van der Waals surface area contributed by atoms with Gasteiger partial charge in [-0.25, -0.2) is 0 Å². The molecule has 3 aliphatic rings. The largest absolute Gasteiger partial charge is 0.394 e. The van der Waals surface area contributed by atoms with E-state index in [0.29, 0.717) is 32.4 Å². The smallest absolute Gasteiger partial charge is 0.253 e. The third kappa shape index (κ3) is 5.52. The highest BCUT2D eigenvalue weighted by Gasteiger charge is 2.79. The Morgan fingerprint density at radius 2 is 1.80 bits per heavy atom. The summed E-state index contributed by atoms with van der Waals surface area (Å²) < 4.78 is 6.92. The number of nitrogens with zero attached hydrogens (tertiary/aromatic N) is 3. The molecule has 0 aromatic heterocycles. The molecule has 0 aliphatic carbocycles. The van der Waals surface area contributed by atoms with E-state index in [9.17, 15) is 14.7 Å². The summed E-state index contributed by atoms with van der Waals surface area (Å²) in [5, 5.41) is 10.8. The first-order valence-electron chi connectivity index (χ1n) is 16.1. The van der Waals surface area contributed by atoms with Crippen LogP contribution in [0.2, 0.25) is 0 Å². The number of likely N-dealkylation sites (tertiary alicyclic amines) is 1. The zero-order chi connectivity index (χ0) is 32.5. The van der Waals surface area contributed by atoms with Crippen molar-refractivity contribution in [3.8, 4) is 0 Å². The topological polar surface area (TPSA) is 90.4 Å². The third-order valence-electron chi connectivity index (χ3n) is 10.0. The fraction of sp³-hybridized carbons (Fsp3) is 0.486. The molecule has 3 saturated heterocycles. The molecule has 3 fully saturated rings. The second-order valence-electron chi connectivity index (χ2n) is 13.1. The van der Waals surface area contributed by atoms with E-state index >= 15 is 4.79 Å². The van der Waals surface area contributed by atoms with E-state index in [1.54, 1.807) is 26.9 Å². The van der Waals surface area contributed by atoms with Gasteiger partial charge in [0, 0.05) is 25.3 Å². The van der Waals surface area contributed by atoms with Crippen molar-refractivity contribution in [2.24, 2.45) is 11.8 Å². The molecule has 3 heterocycles. The van der Waals surface area contributed by atoms with Crippen LogP contribution in [0.5, 0.6) is 0 Å². The number of benzene rings is 2. The Morgan fingerprint density at radius 3 is 2.44 bits per heavy atom. The average Bonchev–Trinajstić information content (AvgIpc) is 3.60. The molecule has 0 saturated carbocycles. The van der Waals surface area contributed by atoms with E-state index in [-0.39, 0.29) is 30.9 Å². The minimum Gasteiger partial charge on any atom is -0.394 e. The Balaban J connectivity index is 1.65. The van der Waals surface area contributed by atoms with Gasteiger partial charge in [-0.05, 0) is 69.2 Å². The van der Waals surface area contributed by atoms with Crippen LogP contribution >= 0.6 is 0 Å². The van der Waals surface area contributed by atoms with Crippen LogP contribution in [-0.4, -0.2) is 82.2 Å².